The minimum absolute atomic E-state index is 0.676. The molecule has 6 nitrogen and oxygen atoms in total. The normalized spacial score (nSPS) is 16.3. The number of nitrogens with zero attached hydrogens (tertiary/aromatic N) is 5. The molecule has 3 heterocycles. The summed E-state index contributed by atoms with van der Waals surface area (Å²) in [5, 5.41) is 19.8. The van der Waals surface area contributed by atoms with Gasteiger partial charge in [0.2, 0.25) is 0 Å². The molecule has 26 heavy (non-hydrogen) atoms. The number of fused-ring (bicyclic) bond motifs is 1. The van der Waals surface area contributed by atoms with Crippen LogP contribution >= 0.6 is 0 Å². The maximum atomic E-state index is 10.7. The predicted octanol–water partition coefficient (Wildman–Crippen LogP) is 2.41. The van der Waals surface area contributed by atoms with E-state index in [-0.39, 0.29) is 0 Å². The van der Waals surface area contributed by atoms with Gasteiger partial charge in [-0.25, -0.2) is 0 Å². The molecule has 4 rings (SSSR count). The standard InChI is InChI=1S/C20H25N5O/c1-15-17(12-23(2)21-15)13-24-9-6-10-25-18(14-24)11-19(22-25)20(26)16-7-4-3-5-8-16/h3-5,7-8,11-12,20,26H,6,9-10,13-14H2,1-2H3/t20-/m0/s1. The Bertz CT molecular complexity index is 883. The van der Waals surface area contributed by atoms with Gasteiger partial charge in [0, 0.05) is 45.0 Å². The number of hydrogen-bond acceptors (Lipinski definition) is 4. The highest BCUT2D eigenvalue weighted by Crippen LogP contribution is 2.24. The molecule has 1 atom stereocenters. The van der Waals surface area contributed by atoms with Crippen molar-refractivity contribution in [2.24, 2.45) is 7.05 Å². The third-order valence-corrected chi connectivity index (χ3v) is 5.02. The summed E-state index contributed by atoms with van der Waals surface area (Å²) in [7, 11) is 1.96. The molecular formula is C20H25N5O. The van der Waals surface area contributed by atoms with Crippen LogP contribution < -0.4 is 0 Å². The lowest BCUT2D eigenvalue weighted by Gasteiger charge is -2.18. The number of aryl methyl sites for hydroxylation is 3. The number of aromatic nitrogens is 4. The van der Waals surface area contributed by atoms with Crippen LogP contribution in [-0.4, -0.2) is 36.1 Å². The topological polar surface area (TPSA) is 59.1 Å². The van der Waals surface area contributed by atoms with Gasteiger partial charge in [-0.05, 0) is 25.0 Å². The second-order valence-corrected chi connectivity index (χ2v) is 7.07. The molecule has 6 heteroatoms. The fraction of sp³-hybridized carbons (Fsp3) is 0.400. The van der Waals surface area contributed by atoms with Crippen LogP contribution in [0, 0.1) is 6.92 Å². The van der Waals surface area contributed by atoms with Crippen LogP contribution in [0.2, 0.25) is 0 Å². The average Bonchev–Trinajstić information content (AvgIpc) is 3.11. The fourth-order valence-electron chi connectivity index (χ4n) is 3.67. The smallest absolute Gasteiger partial charge is 0.123 e. The zero-order valence-corrected chi connectivity index (χ0v) is 15.3. The summed E-state index contributed by atoms with van der Waals surface area (Å²) < 4.78 is 3.93. The summed E-state index contributed by atoms with van der Waals surface area (Å²) in [5.74, 6) is 0. The third-order valence-electron chi connectivity index (χ3n) is 5.02. The first-order chi connectivity index (χ1) is 12.6. The van der Waals surface area contributed by atoms with E-state index in [4.69, 9.17) is 0 Å². The Morgan fingerprint density at radius 2 is 1.96 bits per heavy atom. The molecule has 1 aliphatic rings. The molecule has 3 aromatic rings. The molecule has 0 amide bonds. The Kier molecular flexibility index (Phi) is 4.61. The number of hydrogen-bond donors (Lipinski definition) is 1. The highest BCUT2D eigenvalue weighted by atomic mass is 16.3. The first-order valence-electron chi connectivity index (χ1n) is 9.11. The summed E-state index contributed by atoms with van der Waals surface area (Å²) in [5.41, 5.74) is 5.12. The molecule has 0 spiro atoms. The van der Waals surface area contributed by atoms with Crippen molar-refractivity contribution in [2.75, 3.05) is 6.54 Å². The van der Waals surface area contributed by atoms with E-state index < -0.39 is 6.10 Å². The van der Waals surface area contributed by atoms with Crippen molar-refractivity contribution in [3.8, 4) is 0 Å². The second kappa shape index (κ2) is 7.05. The van der Waals surface area contributed by atoms with Crippen molar-refractivity contribution in [2.45, 2.75) is 39.1 Å². The molecule has 0 fully saturated rings. The molecule has 1 aromatic carbocycles. The maximum absolute atomic E-state index is 10.7. The van der Waals surface area contributed by atoms with Crippen LogP contribution in [0.5, 0.6) is 0 Å². The van der Waals surface area contributed by atoms with Gasteiger partial charge in [0.1, 0.15) is 6.10 Å². The monoisotopic (exact) mass is 351 g/mol. The molecule has 0 saturated carbocycles. The van der Waals surface area contributed by atoms with Gasteiger partial charge >= 0.3 is 0 Å². The quantitative estimate of drug-likeness (QED) is 0.784. The first-order valence-corrected chi connectivity index (χ1v) is 9.11. The summed E-state index contributed by atoms with van der Waals surface area (Å²) in [6, 6.07) is 11.8. The SMILES string of the molecule is Cc1nn(C)cc1CN1CCCn2nc([C@@H](O)c3ccccc3)cc2C1. The lowest BCUT2D eigenvalue weighted by Crippen LogP contribution is -2.23. The van der Waals surface area contributed by atoms with E-state index in [1.54, 1.807) is 0 Å². The summed E-state index contributed by atoms with van der Waals surface area (Å²) in [4.78, 5) is 2.43. The minimum atomic E-state index is -0.676. The van der Waals surface area contributed by atoms with Gasteiger partial charge in [0.15, 0.2) is 0 Å². The largest absolute Gasteiger partial charge is 0.382 e. The van der Waals surface area contributed by atoms with Gasteiger partial charge in [0.05, 0.1) is 17.1 Å². The molecule has 0 radical (unpaired) electrons. The number of benzene rings is 1. The van der Waals surface area contributed by atoms with E-state index in [1.165, 1.54) is 5.56 Å². The van der Waals surface area contributed by atoms with Crippen LogP contribution in [0.3, 0.4) is 0 Å². The number of aliphatic hydroxyl groups is 1. The Morgan fingerprint density at radius 3 is 2.69 bits per heavy atom. The lowest BCUT2D eigenvalue weighted by molar-refractivity contribution is 0.213. The fourth-order valence-corrected chi connectivity index (χ4v) is 3.67. The maximum Gasteiger partial charge on any atom is 0.123 e. The van der Waals surface area contributed by atoms with Gasteiger partial charge in [0.25, 0.3) is 0 Å². The Morgan fingerprint density at radius 1 is 1.15 bits per heavy atom. The molecule has 0 saturated heterocycles. The van der Waals surface area contributed by atoms with Crippen LogP contribution in [0.15, 0.2) is 42.6 Å². The van der Waals surface area contributed by atoms with Crippen molar-refractivity contribution < 1.29 is 5.11 Å². The molecule has 0 bridgehead atoms. The second-order valence-electron chi connectivity index (χ2n) is 7.07. The van der Waals surface area contributed by atoms with Gasteiger partial charge in [-0.2, -0.15) is 10.2 Å². The highest BCUT2D eigenvalue weighted by molar-refractivity contribution is 5.27. The van der Waals surface area contributed by atoms with E-state index in [2.05, 4.69) is 32.9 Å². The van der Waals surface area contributed by atoms with Crippen LogP contribution in [0.4, 0.5) is 0 Å². The molecule has 2 aromatic heterocycles. The van der Waals surface area contributed by atoms with Crippen LogP contribution in [0.1, 0.15) is 40.7 Å². The zero-order chi connectivity index (χ0) is 18.1. The molecule has 0 unspecified atom stereocenters. The van der Waals surface area contributed by atoms with Gasteiger partial charge in [-0.15, -0.1) is 0 Å². The molecule has 0 aliphatic carbocycles. The Labute approximate surface area is 153 Å². The van der Waals surface area contributed by atoms with Gasteiger partial charge < -0.3 is 5.11 Å². The number of rotatable bonds is 4. The third kappa shape index (κ3) is 3.43. The predicted molar refractivity (Wildman–Crippen MR) is 99.4 cm³/mol. The zero-order valence-electron chi connectivity index (χ0n) is 15.3. The Balaban J connectivity index is 1.53. The Hall–Kier alpha value is -2.44. The highest BCUT2D eigenvalue weighted by Gasteiger charge is 2.21. The van der Waals surface area contributed by atoms with Crippen molar-refractivity contribution in [1.29, 1.82) is 0 Å². The lowest BCUT2D eigenvalue weighted by atomic mass is 10.1. The summed E-state index contributed by atoms with van der Waals surface area (Å²) in [6.45, 7) is 5.71. The van der Waals surface area contributed by atoms with E-state index in [9.17, 15) is 5.11 Å². The van der Waals surface area contributed by atoms with Crippen molar-refractivity contribution in [3.05, 3.63) is 70.8 Å². The average molecular weight is 351 g/mol. The molecule has 136 valence electrons. The van der Waals surface area contributed by atoms with Crippen molar-refractivity contribution in [1.82, 2.24) is 24.5 Å². The van der Waals surface area contributed by atoms with Crippen molar-refractivity contribution in [3.63, 3.8) is 0 Å². The van der Waals surface area contributed by atoms with Crippen LogP contribution in [-0.2, 0) is 26.7 Å². The van der Waals surface area contributed by atoms with Gasteiger partial charge in [-0.1, -0.05) is 30.3 Å². The van der Waals surface area contributed by atoms with E-state index >= 15 is 0 Å². The van der Waals surface area contributed by atoms with Crippen molar-refractivity contribution >= 4 is 0 Å². The van der Waals surface area contributed by atoms with E-state index in [0.717, 1.165) is 55.2 Å². The van der Waals surface area contributed by atoms with E-state index in [1.807, 2.05) is 48.1 Å². The number of aliphatic hydroxyl groups excluding tert-OH is 1. The molecule has 1 N–H and O–H groups in total. The minimum Gasteiger partial charge on any atom is -0.382 e. The summed E-state index contributed by atoms with van der Waals surface area (Å²) >= 11 is 0. The molecule has 1 aliphatic heterocycles. The summed E-state index contributed by atoms with van der Waals surface area (Å²) in [6.07, 6.45) is 2.47. The molecular weight excluding hydrogens is 326 g/mol. The van der Waals surface area contributed by atoms with E-state index in [0.29, 0.717) is 0 Å². The van der Waals surface area contributed by atoms with Gasteiger partial charge in [-0.3, -0.25) is 14.3 Å². The first kappa shape index (κ1) is 17.0. The van der Waals surface area contributed by atoms with Crippen LogP contribution in [0.25, 0.3) is 0 Å².